The summed E-state index contributed by atoms with van der Waals surface area (Å²) in [6.45, 7) is 2.47. The zero-order valence-corrected chi connectivity index (χ0v) is 21.1. The van der Waals surface area contributed by atoms with E-state index in [1.807, 2.05) is 0 Å². The Morgan fingerprint density at radius 3 is 2.61 bits per heavy atom. The molecule has 2 aromatic carbocycles. The molecule has 2 saturated carbocycles. The van der Waals surface area contributed by atoms with Gasteiger partial charge in [0.2, 0.25) is 0 Å². The van der Waals surface area contributed by atoms with Crippen molar-refractivity contribution in [1.29, 1.82) is 0 Å². The fourth-order valence-electron chi connectivity index (χ4n) is 5.99. The molecule has 6 nitrogen and oxygen atoms in total. The fraction of sp³-hybridized carbons (Fsp3) is 0.407. The lowest BCUT2D eigenvalue weighted by molar-refractivity contribution is 0.00367. The Morgan fingerprint density at radius 2 is 1.97 bits per heavy atom. The first kappa shape index (κ1) is 23.8. The summed E-state index contributed by atoms with van der Waals surface area (Å²) in [7, 11) is 0. The molecule has 2 heterocycles. The monoisotopic (exact) mass is 530 g/mol. The van der Waals surface area contributed by atoms with Gasteiger partial charge in [0.1, 0.15) is 17.3 Å². The first-order valence-corrected chi connectivity index (χ1v) is 12.9. The number of rotatable bonds is 7. The number of halogens is 3. The number of aromatic carboxylic acids is 1. The van der Waals surface area contributed by atoms with E-state index >= 15 is 0 Å². The van der Waals surface area contributed by atoms with Gasteiger partial charge in [0.15, 0.2) is 0 Å². The minimum Gasteiger partial charge on any atom is -0.478 e. The molecule has 0 amide bonds. The molecule has 3 fully saturated rings. The van der Waals surface area contributed by atoms with E-state index in [4.69, 9.17) is 37.6 Å². The number of benzene rings is 2. The molecule has 1 aromatic heterocycles. The topological polar surface area (TPSA) is 75.8 Å². The van der Waals surface area contributed by atoms with Crippen LogP contribution in [0.2, 0.25) is 10.0 Å². The van der Waals surface area contributed by atoms with E-state index in [-0.39, 0.29) is 29.7 Å². The van der Waals surface area contributed by atoms with Crippen molar-refractivity contribution in [2.45, 2.75) is 63.3 Å². The molecule has 0 spiro atoms. The molecule has 6 rings (SSSR count). The number of carboxylic acid groups (broad SMARTS) is 1. The number of nitrogens with zero attached hydrogens (tertiary/aromatic N) is 2. The molecule has 4 atom stereocenters. The number of hydrogen-bond acceptors (Lipinski definition) is 5. The van der Waals surface area contributed by atoms with Crippen LogP contribution < -0.4 is 4.90 Å². The summed E-state index contributed by atoms with van der Waals surface area (Å²) >= 11 is 13.0. The fourth-order valence-corrected chi connectivity index (χ4v) is 6.57. The lowest BCUT2D eigenvalue weighted by Crippen LogP contribution is -2.45. The average molecular weight is 531 g/mol. The molecular weight excluding hydrogens is 506 g/mol. The van der Waals surface area contributed by atoms with Gasteiger partial charge in [0.05, 0.1) is 28.3 Å². The highest BCUT2D eigenvalue weighted by Gasteiger charge is 2.50. The minimum absolute atomic E-state index is 0.0425. The van der Waals surface area contributed by atoms with Gasteiger partial charge in [0, 0.05) is 40.7 Å². The van der Waals surface area contributed by atoms with E-state index in [0.717, 1.165) is 37.0 Å². The maximum absolute atomic E-state index is 14.4. The molecule has 1 aliphatic heterocycles. The van der Waals surface area contributed by atoms with Crippen LogP contribution in [0.1, 0.15) is 60.2 Å². The molecule has 2 bridgehead atoms. The molecule has 2 aliphatic carbocycles. The van der Waals surface area contributed by atoms with E-state index in [2.05, 4.69) is 17.0 Å². The van der Waals surface area contributed by atoms with Crippen LogP contribution in [-0.4, -0.2) is 34.4 Å². The molecular formula is C27H25Cl2FN2O4. The number of fused-ring (bicyclic) bond motifs is 2. The summed E-state index contributed by atoms with van der Waals surface area (Å²) in [5, 5.41) is 14.5. The van der Waals surface area contributed by atoms with E-state index < -0.39 is 11.8 Å². The molecule has 188 valence electrons. The molecule has 3 aromatic rings. The van der Waals surface area contributed by atoms with Crippen molar-refractivity contribution in [3.05, 3.63) is 69.1 Å². The Balaban J connectivity index is 1.21. The van der Waals surface area contributed by atoms with Gasteiger partial charge in [-0.15, -0.1) is 0 Å². The number of aromatic nitrogens is 1. The van der Waals surface area contributed by atoms with Crippen molar-refractivity contribution < 1.29 is 23.6 Å². The quantitative estimate of drug-likeness (QED) is 0.356. The van der Waals surface area contributed by atoms with Crippen LogP contribution in [0, 0.1) is 11.7 Å². The summed E-state index contributed by atoms with van der Waals surface area (Å²) in [6.07, 6.45) is 3.92. The summed E-state index contributed by atoms with van der Waals surface area (Å²) in [5.41, 5.74) is 2.60. The lowest BCUT2D eigenvalue weighted by atomic mass is 9.96. The van der Waals surface area contributed by atoms with Crippen LogP contribution in [0.3, 0.4) is 0 Å². The van der Waals surface area contributed by atoms with Gasteiger partial charge in [-0.25, -0.2) is 9.18 Å². The number of ether oxygens (including phenoxy) is 1. The number of hydrogen-bond donors (Lipinski definition) is 1. The van der Waals surface area contributed by atoms with E-state index in [1.54, 1.807) is 24.3 Å². The normalized spacial score (nSPS) is 25.1. The number of carboxylic acids is 1. The number of piperidine rings is 1. The van der Waals surface area contributed by atoms with Gasteiger partial charge in [-0.3, -0.25) is 0 Å². The van der Waals surface area contributed by atoms with E-state index in [0.29, 0.717) is 39.5 Å². The largest absolute Gasteiger partial charge is 0.478 e. The van der Waals surface area contributed by atoms with Crippen molar-refractivity contribution in [1.82, 2.24) is 5.16 Å². The van der Waals surface area contributed by atoms with Gasteiger partial charge in [-0.1, -0.05) is 34.4 Å². The summed E-state index contributed by atoms with van der Waals surface area (Å²) < 4.78 is 26.6. The van der Waals surface area contributed by atoms with Crippen LogP contribution in [0.15, 0.2) is 40.9 Å². The second-order valence-corrected chi connectivity index (χ2v) is 10.8. The first-order chi connectivity index (χ1) is 17.3. The predicted octanol–water partition coefficient (Wildman–Crippen LogP) is 6.94. The third-order valence-corrected chi connectivity index (χ3v) is 8.50. The van der Waals surface area contributed by atoms with Gasteiger partial charge in [-0.05, 0) is 62.9 Å². The third-order valence-electron chi connectivity index (χ3n) is 7.87. The number of carbonyl (C=O) groups is 1. The van der Waals surface area contributed by atoms with Crippen molar-refractivity contribution in [3.8, 4) is 11.3 Å². The zero-order valence-electron chi connectivity index (χ0n) is 19.6. The van der Waals surface area contributed by atoms with Crippen LogP contribution in [0.4, 0.5) is 10.1 Å². The minimum atomic E-state index is -1.26. The van der Waals surface area contributed by atoms with Gasteiger partial charge in [-0.2, -0.15) is 0 Å². The SMILES string of the molecule is C[C@@H]1[C@@H]2C[C@@H](C[C@H]2OCc2c(-c3c(Cl)cccc3Cl)noc2C2CC2)N1c1ccc(C(=O)O)c(F)c1. The second kappa shape index (κ2) is 9.05. The van der Waals surface area contributed by atoms with Crippen LogP contribution in [0.5, 0.6) is 0 Å². The Kier molecular flexibility index (Phi) is 5.97. The molecule has 3 aliphatic rings. The Morgan fingerprint density at radius 1 is 1.22 bits per heavy atom. The lowest BCUT2D eigenvalue weighted by Gasteiger charge is -2.38. The maximum Gasteiger partial charge on any atom is 0.338 e. The molecule has 36 heavy (non-hydrogen) atoms. The maximum atomic E-state index is 14.4. The van der Waals surface area contributed by atoms with Crippen molar-refractivity contribution in [3.63, 3.8) is 0 Å². The molecule has 0 unspecified atom stereocenters. The molecule has 1 saturated heterocycles. The number of anilines is 1. The van der Waals surface area contributed by atoms with E-state index in [9.17, 15) is 9.18 Å². The van der Waals surface area contributed by atoms with E-state index in [1.165, 1.54) is 12.1 Å². The summed E-state index contributed by atoms with van der Waals surface area (Å²) in [5.74, 6) is -0.500. The second-order valence-electron chi connectivity index (χ2n) is 10.0. The third kappa shape index (κ3) is 3.98. The van der Waals surface area contributed by atoms with Crippen LogP contribution in [-0.2, 0) is 11.3 Å². The Hall–Kier alpha value is -2.61. The van der Waals surface area contributed by atoms with Crippen molar-refractivity contribution in [2.24, 2.45) is 5.92 Å². The standard InChI is InChI=1S/C27H25Cl2FN2O4/c1-13-18-9-16(32(13)15-7-8-17(27(33)34)22(30)10-15)11-23(18)35-12-19-25(31-36-26(19)14-5-6-14)24-20(28)3-2-4-21(24)29/h2-4,7-8,10,13-14,16,18,23H,5-6,9,11-12H2,1H3,(H,33,34)/t13-,16+,18+,23-/m1/s1. The first-order valence-electron chi connectivity index (χ1n) is 12.2. The Labute approximate surface area is 217 Å². The predicted molar refractivity (Wildman–Crippen MR) is 134 cm³/mol. The highest BCUT2D eigenvalue weighted by molar-refractivity contribution is 6.39. The highest BCUT2D eigenvalue weighted by atomic mass is 35.5. The van der Waals surface area contributed by atoms with Gasteiger partial charge < -0.3 is 19.3 Å². The van der Waals surface area contributed by atoms with Crippen LogP contribution >= 0.6 is 23.2 Å². The van der Waals surface area contributed by atoms with Crippen molar-refractivity contribution >= 4 is 34.9 Å². The van der Waals surface area contributed by atoms with Gasteiger partial charge in [0.25, 0.3) is 0 Å². The zero-order chi connectivity index (χ0) is 25.1. The van der Waals surface area contributed by atoms with Gasteiger partial charge >= 0.3 is 5.97 Å². The average Bonchev–Trinajstić information content (AvgIpc) is 3.34. The molecule has 9 heteroatoms. The highest BCUT2D eigenvalue weighted by Crippen LogP contribution is 2.49. The molecule has 1 N–H and O–H groups in total. The Bertz CT molecular complexity index is 1320. The molecule has 0 radical (unpaired) electrons. The summed E-state index contributed by atoms with van der Waals surface area (Å²) in [6, 6.07) is 10.1. The summed E-state index contributed by atoms with van der Waals surface area (Å²) in [4.78, 5) is 13.4. The smallest absolute Gasteiger partial charge is 0.338 e. The van der Waals surface area contributed by atoms with Crippen molar-refractivity contribution in [2.75, 3.05) is 4.90 Å². The van der Waals surface area contributed by atoms with Crippen LogP contribution in [0.25, 0.3) is 11.3 Å².